The van der Waals surface area contributed by atoms with Crippen LogP contribution >= 0.6 is 0 Å². The van der Waals surface area contributed by atoms with Crippen LogP contribution in [0.2, 0.25) is 0 Å². The average molecular weight is 301 g/mol. The highest BCUT2D eigenvalue weighted by molar-refractivity contribution is 6.62. The molecule has 1 saturated heterocycles. The zero-order valence-corrected chi connectivity index (χ0v) is 14.1. The summed E-state index contributed by atoms with van der Waals surface area (Å²) in [6.07, 6.45) is 1.90. The molecule has 1 amide bonds. The molecule has 0 spiro atoms. The number of hydrogen-bond donors (Lipinski definition) is 0. The molecular formula is C17H24BNO3. The van der Waals surface area contributed by atoms with Crippen LogP contribution in [0.1, 0.15) is 50.0 Å². The Bertz CT molecular complexity index is 596. The Morgan fingerprint density at radius 1 is 1.14 bits per heavy atom. The van der Waals surface area contributed by atoms with Crippen LogP contribution in [0.4, 0.5) is 0 Å². The number of carbonyl (C=O) groups excluding carboxylic acids is 1. The molecule has 0 saturated carbocycles. The predicted octanol–water partition coefficient (Wildman–Crippen LogP) is 2.00. The van der Waals surface area contributed by atoms with Crippen molar-refractivity contribution in [1.29, 1.82) is 0 Å². The third-order valence-electron chi connectivity index (χ3n) is 5.17. The fourth-order valence-corrected chi connectivity index (χ4v) is 2.97. The van der Waals surface area contributed by atoms with Gasteiger partial charge in [0.15, 0.2) is 0 Å². The van der Waals surface area contributed by atoms with E-state index in [2.05, 4.69) is 33.8 Å². The number of benzene rings is 1. The molecule has 118 valence electrons. The van der Waals surface area contributed by atoms with Crippen LogP contribution in [0.15, 0.2) is 18.2 Å². The van der Waals surface area contributed by atoms with Gasteiger partial charge in [0.1, 0.15) is 0 Å². The first kappa shape index (κ1) is 15.6. The average Bonchev–Trinajstić information content (AvgIpc) is 2.56. The number of amides is 1. The predicted molar refractivity (Wildman–Crippen MR) is 87.4 cm³/mol. The molecule has 2 aliphatic heterocycles. The van der Waals surface area contributed by atoms with Crippen molar-refractivity contribution in [2.75, 3.05) is 13.6 Å². The van der Waals surface area contributed by atoms with Crippen molar-refractivity contribution in [3.8, 4) is 0 Å². The molecule has 0 aromatic heterocycles. The number of aryl methyl sites for hydroxylation is 1. The van der Waals surface area contributed by atoms with Crippen molar-refractivity contribution in [3.63, 3.8) is 0 Å². The van der Waals surface area contributed by atoms with Gasteiger partial charge >= 0.3 is 7.12 Å². The van der Waals surface area contributed by atoms with Gasteiger partial charge in [0.25, 0.3) is 5.91 Å². The molecule has 5 heteroatoms. The van der Waals surface area contributed by atoms with E-state index < -0.39 is 0 Å². The molecule has 0 aliphatic carbocycles. The van der Waals surface area contributed by atoms with Gasteiger partial charge in [-0.3, -0.25) is 4.79 Å². The van der Waals surface area contributed by atoms with E-state index >= 15 is 0 Å². The van der Waals surface area contributed by atoms with E-state index in [1.807, 2.05) is 19.2 Å². The summed E-state index contributed by atoms with van der Waals surface area (Å²) in [4.78, 5) is 14.1. The second-order valence-electron chi connectivity index (χ2n) is 7.34. The van der Waals surface area contributed by atoms with E-state index in [0.29, 0.717) is 0 Å². The molecule has 2 aliphatic rings. The molecule has 1 aromatic rings. The third-order valence-corrected chi connectivity index (χ3v) is 5.17. The SMILES string of the molecule is CN1CCCc2cc(B3OC(C)(C)C(C)(C)O3)ccc2C1=O. The summed E-state index contributed by atoms with van der Waals surface area (Å²) in [6, 6.07) is 5.95. The van der Waals surface area contributed by atoms with Gasteiger partial charge in [-0.2, -0.15) is 0 Å². The third kappa shape index (κ3) is 2.46. The van der Waals surface area contributed by atoms with Crippen molar-refractivity contribution < 1.29 is 14.1 Å². The van der Waals surface area contributed by atoms with Crippen molar-refractivity contribution in [2.24, 2.45) is 0 Å². The lowest BCUT2D eigenvalue weighted by molar-refractivity contribution is 0.00578. The zero-order valence-electron chi connectivity index (χ0n) is 14.1. The first-order valence-electron chi connectivity index (χ1n) is 7.95. The summed E-state index contributed by atoms with van der Waals surface area (Å²) in [5, 5.41) is 0. The van der Waals surface area contributed by atoms with Crippen LogP contribution in [0, 0.1) is 0 Å². The minimum absolute atomic E-state index is 0.105. The maximum absolute atomic E-state index is 12.3. The van der Waals surface area contributed by atoms with Crippen LogP contribution in [0.25, 0.3) is 0 Å². The molecule has 0 unspecified atom stereocenters. The van der Waals surface area contributed by atoms with Gasteiger partial charge in [-0.25, -0.2) is 0 Å². The number of nitrogens with zero attached hydrogens (tertiary/aromatic N) is 1. The largest absolute Gasteiger partial charge is 0.494 e. The van der Waals surface area contributed by atoms with Crippen molar-refractivity contribution >= 4 is 18.5 Å². The maximum Gasteiger partial charge on any atom is 0.494 e. The van der Waals surface area contributed by atoms with Gasteiger partial charge in [0, 0.05) is 19.2 Å². The molecule has 4 nitrogen and oxygen atoms in total. The van der Waals surface area contributed by atoms with Gasteiger partial charge in [-0.15, -0.1) is 0 Å². The second-order valence-corrected chi connectivity index (χ2v) is 7.34. The van der Waals surface area contributed by atoms with Gasteiger partial charge in [0.05, 0.1) is 11.2 Å². The van der Waals surface area contributed by atoms with E-state index in [4.69, 9.17) is 9.31 Å². The molecule has 22 heavy (non-hydrogen) atoms. The minimum atomic E-state index is -0.369. The van der Waals surface area contributed by atoms with Crippen LogP contribution in [0.5, 0.6) is 0 Å². The molecule has 0 N–H and O–H groups in total. The highest BCUT2D eigenvalue weighted by atomic mass is 16.7. The smallest absolute Gasteiger partial charge is 0.399 e. The van der Waals surface area contributed by atoms with Gasteiger partial charge in [-0.1, -0.05) is 12.1 Å². The fraction of sp³-hybridized carbons (Fsp3) is 0.588. The van der Waals surface area contributed by atoms with Gasteiger partial charge < -0.3 is 14.2 Å². The minimum Gasteiger partial charge on any atom is -0.399 e. The Balaban J connectivity index is 1.92. The molecule has 0 radical (unpaired) electrons. The first-order valence-corrected chi connectivity index (χ1v) is 7.95. The molecule has 3 rings (SSSR count). The van der Waals surface area contributed by atoms with Crippen molar-refractivity contribution in [2.45, 2.75) is 51.7 Å². The summed E-state index contributed by atoms with van der Waals surface area (Å²) in [5.41, 5.74) is 2.21. The van der Waals surface area contributed by atoms with E-state index in [-0.39, 0.29) is 24.2 Å². The lowest BCUT2D eigenvalue weighted by Crippen LogP contribution is -2.41. The Labute approximate surface area is 132 Å². The monoisotopic (exact) mass is 301 g/mol. The Morgan fingerprint density at radius 3 is 2.41 bits per heavy atom. The molecule has 2 heterocycles. The van der Waals surface area contributed by atoms with Crippen molar-refractivity contribution in [1.82, 2.24) is 4.90 Å². The van der Waals surface area contributed by atoms with Crippen LogP contribution in [0.3, 0.4) is 0 Å². The topological polar surface area (TPSA) is 38.8 Å². The highest BCUT2D eigenvalue weighted by Gasteiger charge is 2.51. The molecular weight excluding hydrogens is 277 g/mol. The molecule has 1 aromatic carbocycles. The van der Waals surface area contributed by atoms with E-state index in [9.17, 15) is 4.79 Å². The van der Waals surface area contributed by atoms with Gasteiger partial charge in [0.2, 0.25) is 0 Å². The van der Waals surface area contributed by atoms with Crippen LogP contribution in [-0.2, 0) is 15.7 Å². The second kappa shape index (κ2) is 5.10. The summed E-state index contributed by atoms with van der Waals surface area (Å²) in [5.74, 6) is 0.105. The Morgan fingerprint density at radius 2 is 1.77 bits per heavy atom. The lowest BCUT2D eigenvalue weighted by Gasteiger charge is -2.32. The van der Waals surface area contributed by atoms with E-state index in [0.717, 1.165) is 36.0 Å². The highest BCUT2D eigenvalue weighted by Crippen LogP contribution is 2.36. The first-order chi connectivity index (χ1) is 10.2. The summed E-state index contributed by atoms with van der Waals surface area (Å²) < 4.78 is 12.2. The molecule has 0 bridgehead atoms. The summed E-state index contributed by atoms with van der Waals surface area (Å²) >= 11 is 0. The van der Waals surface area contributed by atoms with Gasteiger partial charge in [-0.05, 0) is 57.6 Å². The molecule has 0 atom stereocenters. The lowest BCUT2D eigenvalue weighted by atomic mass is 9.77. The Hall–Kier alpha value is -1.33. The molecule has 1 fully saturated rings. The van der Waals surface area contributed by atoms with Crippen LogP contribution in [-0.4, -0.2) is 42.7 Å². The zero-order chi connectivity index (χ0) is 16.1. The summed E-state index contributed by atoms with van der Waals surface area (Å²) in [6.45, 7) is 9.01. The number of hydrogen-bond acceptors (Lipinski definition) is 3. The fourth-order valence-electron chi connectivity index (χ4n) is 2.97. The Kier molecular flexibility index (Phi) is 3.61. The van der Waals surface area contributed by atoms with E-state index in [1.165, 1.54) is 0 Å². The quantitative estimate of drug-likeness (QED) is 0.745. The van der Waals surface area contributed by atoms with Crippen LogP contribution < -0.4 is 5.46 Å². The number of rotatable bonds is 1. The van der Waals surface area contributed by atoms with E-state index in [1.54, 1.807) is 4.90 Å². The number of fused-ring (bicyclic) bond motifs is 1. The standard InChI is InChI=1S/C17H24BNO3/c1-16(2)17(3,4)22-18(21-16)13-8-9-14-12(11-13)7-6-10-19(5)15(14)20/h8-9,11H,6-7,10H2,1-5H3. The summed E-state index contributed by atoms with van der Waals surface area (Å²) in [7, 11) is 1.49. The number of carbonyl (C=O) groups is 1. The maximum atomic E-state index is 12.3. The van der Waals surface area contributed by atoms with Crippen molar-refractivity contribution in [3.05, 3.63) is 29.3 Å². The normalized spacial score (nSPS) is 23.4.